The van der Waals surface area contributed by atoms with Crippen LogP contribution in [0.5, 0.6) is 0 Å². The van der Waals surface area contributed by atoms with E-state index in [2.05, 4.69) is 9.97 Å². The van der Waals surface area contributed by atoms with Gasteiger partial charge in [-0.2, -0.15) is 13.2 Å². The summed E-state index contributed by atoms with van der Waals surface area (Å²) in [7, 11) is 0. The van der Waals surface area contributed by atoms with Gasteiger partial charge in [-0.05, 0) is 38.8 Å². The van der Waals surface area contributed by atoms with Gasteiger partial charge >= 0.3 is 6.18 Å². The largest absolute Gasteiger partial charge is 0.435 e. The molecule has 0 bridgehead atoms. The molecule has 2 N–H and O–H groups in total. The van der Waals surface area contributed by atoms with Gasteiger partial charge in [0.1, 0.15) is 11.6 Å². The fourth-order valence-corrected chi connectivity index (χ4v) is 4.49. The molecular formula is C20H24F3N5O2. The maximum absolute atomic E-state index is 13.3. The topological polar surface area (TPSA) is 86.3 Å². The number of hydrogen-bond acceptors (Lipinski definition) is 6. The van der Waals surface area contributed by atoms with Crippen molar-refractivity contribution in [1.29, 1.82) is 0 Å². The molecule has 2 aliphatic heterocycles. The first-order chi connectivity index (χ1) is 14.1. The minimum Gasteiger partial charge on any atom is -0.376 e. The zero-order chi connectivity index (χ0) is 21.7. The first kappa shape index (κ1) is 20.8. The van der Waals surface area contributed by atoms with Crippen LogP contribution in [0.2, 0.25) is 0 Å². The number of nitrogens with two attached hydrogens (primary N) is 1. The van der Waals surface area contributed by atoms with Gasteiger partial charge in [0, 0.05) is 36.8 Å². The number of anilines is 1. The maximum Gasteiger partial charge on any atom is 0.435 e. The van der Waals surface area contributed by atoms with Crippen molar-refractivity contribution in [1.82, 2.24) is 14.5 Å². The van der Waals surface area contributed by atoms with Crippen LogP contribution >= 0.6 is 0 Å². The molecule has 2 saturated heterocycles. The average molecular weight is 423 g/mol. The highest BCUT2D eigenvalue weighted by Gasteiger charge is 2.47. The second-order valence-corrected chi connectivity index (χ2v) is 8.10. The lowest BCUT2D eigenvalue weighted by Crippen LogP contribution is -2.51. The number of aromatic nitrogens is 3. The van der Waals surface area contributed by atoms with Crippen LogP contribution in [0.15, 0.2) is 29.2 Å². The van der Waals surface area contributed by atoms with E-state index in [0.29, 0.717) is 25.5 Å². The third-order valence-corrected chi connectivity index (χ3v) is 6.30. The Morgan fingerprint density at radius 1 is 1.30 bits per heavy atom. The molecule has 0 unspecified atom stereocenters. The lowest BCUT2D eigenvalue weighted by molar-refractivity contribution is -0.141. The predicted octanol–water partition coefficient (Wildman–Crippen LogP) is 2.29. The molecule has 7 nitrogen and oxygen atoms in total. The van der Waals surface area contributed by atoms with Crippen LogP contribution in [0.1, 0.15) is 31.3 Å². The Bertz CT molecular complexity index is 999. The minimum atomic E-state index is -4.68. The Balaban J connectivity index is 1.62. The number of pyridine rings is 1. The van der Waals surface area contributed by atoms with E-state index >= 15 is 0 Å². The van der Waals surface area contributed by atoms with Crippen molar-refractivity contribution in [2.24, 2.45) is 11.1 Å². The lowest BCUT2D eigenvalue weighted by atomic mass is 9.73. The number of aryl methyl sites for hydroxylation is 1. The molecule has 162 valence electrons. The van der Waals surface area contributed by atoms with E-state index in [0.717, 1.165) is 23.6 Å². The molecule has 0 saturated carbocycles. The fraction of sp³-hybridized carbons (Fsp3) is 0.550. The van der Waals surface area contributed by atoms with E-state index in [4.69, 9.17) is 10.5 Å². The molecule has 0 aliphatic carbocycles. The number of alkyl halides is 3. The monoisotopic (exact) mass is 423 g/mol. The van der Waals surface area contributed by atoms with E-state index < -0.39 is 17.4 Å². The normalized spacial score (nSPS) is 23.9. The van der Waals surface area contributed by atoms with Gasteiger partial charge < -0.3 is 15.4 Å². The minimum absolute atomic E-state index is 0.0168. The van der Waals surface area contributed by atoms with Crippen LogP contribution in [-0.4, -0.2) is 46.4 Å². The second kappa shape index (κ2) is 7.35. The van der Waals surface area contributed by atoms with Gasteiger partial charge in [-0.25, -0.2) is 9.97 Å². The summed E-state index contributed by atoms with van der Waals surface area (Å²) in [6.07, 6.45) is -1.99. The summed E-state index contributed by atoms with van der Waals surface area (Å²) in [6.45, 7) is 5.43. The van der Waals surface area contributed by atoms with Gasteiger partial charge in [-0.3, -0.25) is 9.36 Å². The Morgan fingerprint density at radius 2 is 2.00 bits per heavy atom. The van der Waals surface area contributed by atoms with Crippen LogP contribution in [0.25, 0.3) is 5.69 Å². The number of ether oxygens (including phenoxy) is 1. The quantitative estimate of drug-likeness (QED) is 0.798. The van der Waals surface area contributed by atoms with Crippen molar-refractivity contribution in [3.8, 4) is 5.69 Å². The van der Waals surface area contributed by atoms with Crippen molar-refractivity contribution in [2.75, 3.05) is 24.6 Å². The van der Waals surface area contributed by atoms with Crippen LogP contribution in [0.3, 0.4) is 0 Å². The summed E-state index contributed by atoms with van der Waals surface area (Å²) < 4.78 is 46.7. The van der Waals surface area contributed by atoms with Crippen molar-refractivity contribution in [3.63, 3.8) is 0 Å². The number of piperidine rings is 1. The van der Waals surface area contributed by atoms with Crippen molar-refractivity contribution in [3.05, 3.63) is 46.3 Å². The molecule has 2 fully saturated rings. The molecule has 4 heterocycles. The molecule has 2 aromatic rings. The number of hydrogen-bond donors (Lipinski definition) is 1. The van der Waals surface area contributed by atoms with E-state index in [1.807, 2.05) is 11.8 Å². The van der Waals surface area contributed by atoms with Gasteiger partial charge in [-0.1, -0.05) is 0 Å². The summed E-state index contributed by atoms with van der Waals surface area (Å²) in [4.78, 5) is 22.6. The third-order valence-electron chi connectivity index (χ3n) is 6.30. The summed E-state index contributed by atoms with van der Waals surface area (Å²) >= 11 is 0. The van der Waals surface area contributed by atoms with Gasteiger partial charge in [0.2, 0.25) is 0 Å². The zero-order valence-electron chi connectivity index (χ0n) is 16.8. The highest BCUT2D eigenvalue weighted by atomic mass is 19.4. The molecule has 4 rings (SSSR count). The Hall–Kier alpha value is -2.46. The molecule has 10 heteroatoms. The predicted molar refractivity (Wildman–Crippen MR) is 105 cm³/mol. The number of halogens is 3. The van der Waals surface area contributed by atoms with E-state index in [1.54, 1.807) is 0 Å². The summed E-state index contributed by atoms with van der Waals surface area (Å²) in [6, 6.07) is 3.83. The molecule has 2 aliphatic rings. The van der Waals surface area contributed by atoms with E-state index in [1.165, 1.54) is 25.1 Å². The SMILES string of the molecule is Cc1nc(N2CCC3(CC2)CO[C@@H](C)[C@H]3N)cc(=O)n1-c1cccnc1C(F)(F)F. The Labute approximate surface area is 171 Å². The summed E-state index contributed by atoms with van der Waals surface area (Å²) in [5, 5.41) is 0. The van der Waals surface area contributed by atoms with Crippen LogP contribution in [0.4, 0.5) is 19.0 Å². The van der Waals surface area contributed by atoms with Gasteiger partial charge in [-0.15, -0.1) is 0 Å². The fourth-order valence-electron chi connectivity index (χ4n) is 4.49. The van der Waals surface area contributed by atoms with Crippen LogP contribution in [0, 0.1) is 12.3 Å². The molecule has 2 aromatic heterocycles. The third kappa shape index (κ3) is 3.47. The molecule has 2 atom stereocenters. The smallest absolute Gasteiger partial charge is 0.376 e. The molecule has 30 heavy (non-hydrogen) atoms. The second-order valence-electron chi connectivity index (χ2n) is 8.10. The van der Waals surface area contributed by atoms with Gasteiger partial charge in [0.15, 0.2) is 5.69 Å². The zero-order valence-corrected chi connectivity index (χ0v) is 16.8. The molecular weight excluding hydrogens is 399 g/mol. The van der Waals surface area contributed by atoms with Gasteiger partial charge in [0.25, 0.3) is 5.56 Å². The highest BCUT2D eigenvalue weighted by Crippen LogP contribution is 2.41. The number of rotatable bonds is 2. The van der Waals surface area contributed by atoms with Gasteiger partial charge in [0.05, 0.1) is 18.4 Å². The first-order valence-electron chi connectivity index (χ1n) is 9.88. The van der Waals surface area contributed by atoms with Crippen LogP contribution < -0.4 is 16.2 Å². The molecule has 1 spiro atoms. The van der Waals surface area contributed by atoms with E-state index in [-0.39, 0.29) is 29.1 Å². The van der Waals surface area contributed by atoms with E-state index in [9.17, 15) is 18.0 Å². The lowest BCUT2D eigenvalue weighted by Gasteiger charge is -2.41. The van der Waals surface area contributed by atoms with Crippen molar-refractivity contribution < 1.29 is 17.9 Å². The Kier molecular flexibility index (Phi) is 5.09. The average Bonchev–Trinajstić information content (AvgIpc) is 2.96. The number of nitrogens with zero attached hydrogens (tertiary/aromatic N) is 4. The Morgan fingerprint density at radius 3 is 2.57 bits per heavy atom. The molecule has 0 radical (unpaired) electrons. The summed E-state index contributed by atoms with van der Waals surface area (Å²) in [5.74, 6) is 0.632. The first-order valence-corrected chi connectivity index (χ1v) is 9.88. The molecule has 0 amide bonds. The van der Waals surface area contributed by atoms with Crippen molar-refractivity contribution >= 4 is 5.82 Å². The van der Waals surface area contributed by atoms with Crippen LogP contribution in [-0.2, 0) is 10.9 Å². The summed E-state index contributed by atoms with van der Waals surface area (Å²) in [5.41, 5.74) is 4.25. The maximum atomic E-state index is 13.3. The molecule has 0 aromatic carbocycles. The highest BCUT2D eigenvalue weighted by molar-refractivity contribution is 5.44. The standard InChI is InChI=1S/C20H24F3N5O2/c1-12-17(24)19(11-30-12)5-8-27(9-6-19)15-10-16(29)28(13(2)26-15)14-4-3-7-25-18(14)20(21,22)23/h3-4,7,10,12,17H,5-6,8-9,11,24H2,1-2H3/t12-,17+/m0/s1. The van der Waals surface area contributed by atoms with Crippen molar-refractivity contribution in [2.45, 2.75) is 45.0 Å².